The van der Waals surface area contributed by atoms with Crippen LogP contribution in [0.5, 0.6) is 5.75 Å². The van der Waals surface area contributed by atoms with Gasteiger partial charge in [-0.3, -0.25) is 13.9 Å². The lowest BCUT2D eigenvalue weighted by Gasteiger charge is -2.32. The molecule has 2 amide bonds. The topological polar surface area (TPSA) is 96.0 Å². The number of benzene rings is 3. The minimum absolute atomic E-state index is 0.0660. The molecule has 39 heavy (non-hydrogen) atoms. The molecule has 0 aliphatic heterocycles. The SMILES string of the molecule is CCCNC(=O)[C@H](C)N(CCc1ccccc1)C(=O)CN(c1ccc(OCC)cc1)S(=O)(=O)c1ccccc1. The first-order valence-electron chi connectivity index (χ1n) is 13.2. The van der Waals surface area contributed by atoms with Crippen LogP contribution in [0.2, 0.25) is 0 Å². The molecule has 0 radical (unpaired) electrons. The second kappa shape index (κ2) is 14.3. The van der Waals surface area contributed by atoms with Gasteiger partial charge < -0.3 is 15.0 Å². The summed E-state index contributed by atoms with van der Waals surface area (Å²) in [6.45, 7) is 6.23. The lowest BCUT2D eigenvalue weighted by atomic mass is 10.1. The smallest absolute Gasteiger partial charge is 0.264 e. The van der Waals surface area contributed by atoms with Crippen LogP contribution in [0.15, 0.2) is 89.8 Å². The van der Waals surface area contributed by atoms with E-state index in [1.165, 1.54) is 17.0 Å². The summed E-state index contributed by atoms with van der Waals surface area (Å²) < 4.78 is 34.1. The second-order valence-corrected chi connectivity index (χ2v) is 10.9. The molecule has 0 spiro atoms. The van der Waals surface area contributed by atoms with Crippen molar-refractivity contribution >= 4 is 27.5 Å². The average molecular weight is 552 g/mol. The molecule has 3 aromatic rings. The fourth-order valence-corrected chi connectivity index (χ4v) is 5.52. The van der Waals surface area contributed by atoms with Crippen LogP contribution in [0.25, 0.3) is 0 Å². The van der Waals surface area contributed by atoms with Crippen LogP contribution in [-0.4, -0.2) is 57.4 Å². The Bertz CT molecular complexity index is 1300. The van der Waals surface area contributed by atoms with Gasteiger partial charge in [-0.05, 0) is 68.7 Å². The average Bonchev–Trinajstić information content (AvgIpc) is 2.96. The summed E-state index contributed by atoms with van der Waals surface area (Å²) in [6.07, 6.45) is 1.28. The first-order chi connectivity index (χ1) is 18.8. The van der Waals surface area contributed by atoms with Crippen LogP contribution in [0.3, 0.4) is 0 Å². The van der Waals surface area contributed by atoms with Crippen molar-refractivity contribution < 1.29 is 22.7 Å². The van der Waals surface area contributed by atoms with Crippen LogP contribution < -0.4 is 14.4 Å². The largest absolute Gasteiger partial charge is 0.494 e. The Labute approximate surface area is 231 Å². The molecule has 0 aliphatic carbocycles. The molecule has 9 heteroatoms. The van der Waals surface area contributed by atoms with Crippen molar-refractivity contribution in [2.45, 2.75) is 44.6 Å². The Kier molecular flexibility index (Phi) is 10.9. The Morgan fingerprint density at radius 1 is 0.897 bits per heavy atom. The fourth-order valence-electron chi connectivity index (χ4n) is 4.09. The number of amides is 2. The van der Waals surface area contributed by atoms with Gasteiger partial charge in [-0.1, -0.05) is 55.5 Å². The molecule has 208 valence electrons. The molecular formula is C30H37N3O5S. The monoisotopic (exact) mass is 551 g/mol. The van der Waals surface area contributed by atoms with Crippen LogP contribution in [0.1, 0.15) is 32.8 Å². The minimum atomic E-state index is -4.09. The van der Waals surface area contributed by atoms with E-state index in [2.05, 4.69) is 5.32 Å². The van der Waals surface area contributed by atoms with Gasteiger partial charge in [0.25, 0.3) is 10.0 Å². The summed E-state index contributed by atoms with van der Waals surface area (Å²) in [4.78, 5) is 28.2. The van der Waals surface area contributed by atoms with Gasteiger partial charge in [0.05, 0.1) is 17.2 Å². The van der Waals surface area contributed by atoms with E-state index in [-0.39, 0.29) is 17.3 Å². The maximum Gasteiger partial charge on any atom is 0.264 e. The van der Waals surface area contributed by atoms with Crippen molar-refractivity contribution in [1.82, 2.24) is 10.2 Å². The highest BCUT2D eigenvalue weighted by Crippen LogP contribution is 2.26. The van der Waals surface area contributed by atoms with Gasteiger partial charge in [-0.15, -0.1) is 0 Å². The zero-order valence-corrected chi connectivity index (χ0v) is 23.6. The Morgan fingerprint density at radius 2 is 1.51 bits per heavy atom. The summed E-state index contributed by atoms with van der Waals surface area (Å²) in [6, 6.07) is 23.4. The molecule has 3 aromatic carbocycles. The van der Waals surface area contributed by atoms with Crippen molar-refractivity contribution in [2.75, 3.05) is 30.5 Å². The molecular weight excluding hydrogens is 514 g/mol. The Hall–Kier alpha value is -3.85. The molecule has 0 saturated heterocycles. The number of anilines is 1. The number of sulfonamides is 1. The molecule has 3 rings (SSSR count). The molecule has 0 saturated carbocycles. The summed E-state index contributed by atoms with van der Waals surface area (Å²) >= 11 is 0. The Balaban J connectivity index is 1.95. The van der Waals surface area contributed by atoms with E-state index in [0.29, 0.717) is 31.0 Å². The molecule has 8 nitrogen and oxygen atoms in total. The lowest BCUT2D eigenvalue weighted by molar-refractivity contribution is -0.138. The van der Waals surface area contributed by atoms with E-state index in [4.69, 9.17) is 4.74 Å². The van der Waals surface area contributed by atoms with Crippen molar-refractivity contribution in [3.63, 3.8) is 0 Å². The molecule has 0 fully saturated rings. The predicted octanol–water partition coefficient (Wildman–Crippen LogP) is 4.27. The molecule has 0 aliphatic rings. The van der Waals surface area contributed by atoms with Gasteiger partial charge in [0.2, 0.25) is 11.8 Å². The van der Waals surface area contributed by atoms with E-state index in [0.717, 1.165) is 16.3 Å². The highest BCUT2D eigenvalue weighted by Gasteiger charge is 2.32. The van der Waals surface area contributed by atoms with Gasteiger partial charge in [0.15, 0.2) is 0 Å². The maximum absolute atomic E-state index is 13.8. The highest BCUT2D eigenvalue weighted by molar-refractivity contribution is 7.92. The first-order valence-corrected chi connectivity index (χ1v) is 14.6. The van der Waals surface area contributed by atoms with Crippen LogP contribution in [0.4, 0.5) is 5.69 Å². The summed E-state index contributed by atoms with van der Waals surface area (Å²) in [5, 5.41) is 2.85. The third kappa shape index (κ3) is 8.07. The molecule has 0 bridgehead atoms. The number of nitrogens with zero attached hydrogens (tertiary/aromatic N) is 2. The van der Waals surface area contributed by atoms with Crippen LogP contribution >= 0.6 is 0 Å². The summed E-state index contributed by atoms with van der Waals surface area (Å²) in [5.74, 6) is -0.161. The normalized spacial score (nSPS) is 11.9. The zero-order chi connectivity index (χ0) is 28.3. The maximum atomic E-state index is 13.8. The third-order valence-corrected chi connectivity index (χ3v) is 8.03. The number of nitrogens with one attached hydrogen (secondary N) is 1. The van der Waals surface area contributed by atoms with E-state index < -0.39 is 28.5 Å². The van der Waals surface area contributed by atoms with Gasteiger partial charge in [0, 0.05) is 13.1 Å². The molecule has 0 aromatic heterocycles. The van der Waals surface area contributed by atoms with E-state index >= 15 is 0 Å². The predicted molar refractivity (Wildman–Crippen MR) is 153 cm³/mol. The zero-order valence-electron chi connectivity index (χ0n) is 22.7. The van der Waals surface area contributed by atoms with Crippen molar-refractivity contribution in [2.24, 2.45) is 0 Å². The molecule has 1 atom stereocenters. The van der Waals surface area contributed by atoms with Gasteiger partial charge in [-0.25, -0.2) is 8.42 Å². The lowest BCUT2D eigenvalue weighted by Crippen LogP contribution is -2.52. The molecule has 0 heterocycles. The number of rotatable bonds is 14. The quantitative estimate of drug-likeness (QED) is 0.323. The van der Waals surface area contributed by atoms with Crippen LogP contribution in [-0.2, 0) is 26.0 Å². The molecule has 0 unspecified atom stereocenters. The highest BCUT2D eigenvalue weighted by atomic mass is 32.2. The third-order valence-electron chi connectivity index (χ3n) is 6.25. The number of hydrogen-bond acceptors (Lipinski definition) is 5. The second-order valence-electron chi connectivity index (χ2n) is 9.04. The van der Waals surface area contributed by atoms with Crippen molar-refractivity contribution in [1.29, 1.82) is 0 Å². The van der Waals surface area contributed by atoms with Crippen LogP contribution in [0, 0.1) is 0 Å². The number of hydrogen-bond donors (Lipinski definition) is 1. The van der Waals surface area contributed by atoms with E-state index in [9.17, 15) is 18.0 Å². The number of carbonyl (C=O) groups excluding carboxylic acids is 2. The number of ether oxygens (including phenoxy) is 1. The Morgan fingerprint density at radius 3 is 2.10 bits per heavy atom. The van der Waals surface area contributed by atoms with Gasteiger partial charge in [-0.2, -0.15) is 0 Å². The van der Waals surface area contributed by atoms with Crippen molar-refractivity contribution in [3.05, 3.63) is 90.5 Å². The standard InChI is InChI=1S/C30H37N3O5S/c1-4-21-31-30(35)24(3)32(22-20-25-12-8-6-9-13-25)29(34)23-33(26-16-18-27(19-17-26)38-5-2)39(36,37)28-14-10-7-11-15-28/h6-19,24H,4-5,20-23H2,1-3H3,(H,31,35)/t24-/m0/s1. The fraction of sp³-hybridized carbons (Fsp3) is 0.333. The first kappa shape index (κ1) is 29.7. The van der Waals surface area contributed by atoms with E-state index in [1.807, 2.05) is 44.2 Å². The van der Waals surface area contributed by atoms with E-state index in [1.54, 1.807) is 49.4 Å². The molecule has 1 N–H and O–H groups in total. The number of carbonyl (C=O) groups is 2. The summed E-state index contributed by atoms with van der Waals surface area (Å²) in [7, 11) is -4.09. The van der Waals surface area contributed by atoms with Crippen molar-refractivity contribution in [3.8, 4) is 5.75 Å². The minimum Gasteiger partial charge on any atom is -0.494 e. The van der Waals surface area contributed by atoms with Gasteiger partial charge in [0.1, 0.15) is 18.3 Å². The summed E-state index contributed by atoms with van der Waals surface area (Å²) in [5.41, 5.74) is 1.33. The van der Waals surface area contributed by atoms with Gasteiger partial charge >= 0.3 is 0 Å².